The first kappa shape index (κ1) is 19.1. The molecule has 29 heavy (non-hydrogen) atoms. The summed E-state index contributed by atoms with van der Waals surface area (Å²) in [5.74, 6) is 1.06. The largest absolute Gasteiger partial charge is 0.441 e. The van der Waals surface area contributed by atoms with Crippen LogP contribution in [0.1, 0.15) is 26.8 Å². The van der Waals surface area contributed by atoms with Gasteiger partial charge in [-0.1, -0.05) is 23.8 Å². The lowest BCUT2D eigenvalue weighted by Crippen LogP contribution is -2.25. The third kappa shape index (κ3) is 4.46. The van der Waals surface area contributed by atoms with Crippen LogP contribution in [-0.4, -0.2) is 23.1 Å². The Bertz CT molecular complexity index is 1080. The van der Waals surface area contributed by atoms with Crippen molar-refractivity contribution in [3.63, 3.8) is 0 Å². The maximum Gasteiger partial charge on any atom is 0.414 e. The zero-order valence-electron chi connectivity index (χ0n) is 16.1. The number of ether oxygens (including phenoxy) is 1. The molecule has 6 nitrogen and oxygen atoms in total. The number of cyclic esters (lactones) is 1. The van der Waals surface area contributed by atoms with Crippen LogP contribution in [0.4, 0.5) is 4.79 Å². The summed E-state index contributed by atoms with van der Waals surface area (Å²) >= 11 is 1.56. The Morgan fingerprint density at radius 2 is 1.93 bits per heavy atom. The minimum atomic E-state index is -0.740. The lowest BCUT2D eigenvalue weighted by atomic mass is 10.1. The first-order valence-electron chi connectivity index (χ1n) is 9.28. The summed E-state index contributed by atoms with van der Waals surface area (Å²) < 4.78 is 10.8. The highest BCUT2D eigenvalue weighted by molar-refractivity contribution is 7.12. The van der Waals surface area contributed by atoms with Crippen molar-refractivity contribution < 1.29 is 18.7 Å². The second-order valence-electron chi connectivity index (χ2n) is 6.89. The molecule has 0 radical (unpaired) electrons. The van der Waals surface area contributed by atoms with E-state index in [0.717, 1.165) is 26.8 Å². The predicted molar refractivity (Wildman–Crippen MR) is 111 cm³/mol. The highest BCUT2D eigenvalue weighted by Crippen LogP contribution is 2.24. The Labute approximate surface area is 172 Å². The topological polar surface area (TPSA) is 81.4 Å². The summed E-state index contributed by atoms with van der Waals surface area (Å²) in [5.41, 5.74) is 3.07. The van der Waals surface area contributed by atoms with E-state index >= 15 is 0 Å². The van der Waals surface area contributed by atoms with Crippen molar-refractivity contribution in [2.45, 2.75) is 32.8 Å². The molecule has 1 fully saturated rings. The smallest absolute Gasteiger partial charge is 0.414 e. The fraction of sp³-hybridized carbons (Fsp3) is 0.227. The van der Waals surface area contributed by atoms with E-state index in [2.05, 4.69) is 10.3 Å². The van der Waals surface area contributed by atoms with Crippen LogP contribution in [-0.2, 0) is 22.4 Å². The molecule has 0 spiro atoms. The van der Waals surface area contributed by atoms with Gasteiger partial charge in [-0.3, -0.25) is 10.1 Å². The van der Waals surface area contributed by atoms with Gasteiger partial charge in [0.25, 0.3) is 5.91 Å². The van der Waals surface area contributed by atoms with Gasteiger partial charge in [-0.15, -0.1) is 11.3 Å². The Morgan fingerprint density at radius 3 is 2.66 bits per heavy atom. The number of amides is 2. The molecule has 0 saturated carbocycles. The van der Waals surface area contributed by atoms with Gasteiger partial charge in [0, 0.05) is 28.2 Å². The number of aromatic nitrogens is 1. The number of hydrogen-bond donors (Lipinski definition) is 1. The molecule has 4 rings (SSSR count). The number of hydrogen-bond acceptors (Lipinski definition) is 6. The highest BCUT2D eigenvalue weighted by atomic mass is 32.1. The van der Waals surface area contributed by atoms with Crippen LogP contribution in [0.25, 0.3) is 17.5 Å². The van der Waals surface area contributed by atoms with Crippen molar-refractivity contribution in [3.05, 3.63) is 69.2 Å². The summed E-state index contributed by atoms with van der Waals surface area (Å²) in [4.78, 5) is 29.4. The van der Waals surface area contributed by atoms with E-state index in [4.69, 9.17) is 9.15 Å². The summed E-state index contributed by atoms with van der Waals surface area (Å²) in [7, 11) is 0. The summed E-state index contributed by atoms with van der Waals surface area (Å²) in [6, 6.07) is 12.0. The van der Waals surface area contributed by atoms with Gasteiger partial charge in [0.05, 0.1) is 5.69 Å². The molecule has 0 bridgehead atoms. The Hall–Kier alpha value is -3.19. The molecule has 2 amide bonds. The van der Waals surface area contributed by atoms with Gasteiger partial charge < -0.3 is 9.15 Å². The number of rotatable bonds is 6. The number of thiophene rings is 1. The lowest BCUT2D eigenvalue weighted by molar-refractivity contribution is -0.123. The van der Waals surface area contributed by atoms with Gasteiger partial charge in [-0.25, -0.2) is 9.78 Å². The van der Waals surface area contributed by atoms with Crippen LogP contribution < -0.4 is 5.32 Å². The van der Waals surface area contributed by atoms with Crippen molar-refractivity contribution in [2.24, 2.45) is 0 Å². The van der Waals surface area contributed by atoms with E-state index in [-0.39, 0.29) is 5.91 Å². The van der Waals surface area contributed by atoms with Gasteiger partial charge in [-0.05, 0) is 44.2 Å². The number of aryl methyl sites for hydroxylation is 2. The molecule has 3 heterocycles. The molecule has 1 aliphatic heterocycles. The molecule has 3 aromatic rings. The molecule has 1 aromatic carbocycles. The van der Waals surface area contributed by atoms with Crippen molar-refractivity contribution in [1.82, 2.24) is 10.3 Å². The van der Waals surface area contributed by atoms with E-state index in [9.17, 15) is 9.59 Å². The fourth-order valence-corrected chi connectivity index (χ4v) is 4.00. The van der Waals surface area contributed by atoms with E-state index in [1.807, 2.05) is 62.4 Å². The standard InChI is InChI=1S/C22H20N2O4S/c1-13-6-8-15(9-7-13)21-23-18(14(2)27-21)5-3-4-16-10-11-17(29-16)12-19-20(25)24-22(26)28-19/h3-4,6-11,19H,5,12H2,1-2H3,(H,24,25,26). The van der Waals surface area contributed by atoms with Crippen LogP contribution in [0.5, 0.6) is 0 Å². The van der Waals surface area contributed by atoms with Gasteiger partial charge in [-0.2, -0.15) is 0 Å². The number of allylic oxidation sites excluding steroid dienone is 1. The molecule has 1 atom stereocenters. The van der Waals surface area contributed by atoms with Crippen LogP contribution in [0.2, 0.25) is 0 Å². The van der Waals surface area contributed by atoms with E-state index in [1.54, 1.807) is 11.3 Å². The number of imide groups is 1. The molecule has 1 N–H and O–H groups in total. The molecule has 1 aliphatic rings. The number of alkyl carbamates (subject to hydrolysis) is 1. The quantitative estimate of drug-likeness (QED) is 0.652. The maximum absolute atomic E-state index is 11.6. The highest BCUT2D eigenvalue weighted by Gasteiger charge is 2.32. The summed E-state index contributed by atoms with van der Waals surface area (Å²) in [5, 5.41) is 2.14. The fourth-order valence-electron chi connectivity index (χ4n) is 3.03. The third-order valence-electron chi connectivity index (χ3n) is 4.62. The van der Waals surface area contributed by atoms with E-state index in [0.29, 0.717) is 18.7 Å². The molecular weight excluding hydrogens is 388 g/mol. The number of carbonyl (C=O) groups excluding carboxylic acids is 2. The Morgan fingerprint density at radius 1 is 1.14 bits per heavy atom. The number of oxazole rings is 1. The average Bonchev–Trinajstić information content (AvgIpc) is 3.36. The number of carbonyl (C=O) groups is 2. The van der Waals surface area contributed by atoms with Crippen molar-refractivity contribution >= 4 is 29.4 Å². The van der Waals surface area contributed by atoms with Gasteiger partial charge >= 0.3 is 6.09 Å². The maximum atomic E-state index is 11.6. The summed E-state index contributed by atoms with van der Waals surface area (Å²) in [6.45, 7) is 3.97. The Balaban J connectivity index is 1.38. The second-order valence-corrected chi connectivity index (χ2v) is 8.09. The van der Waals surface area contributed by atoms with E-state index in [1.165, 1.54) is 5.56 Å². The first-order valence-corrected chi connectivity index (χ1v) is 10.1. The molecular formula is C22H20N2O4S. The average molecular weight is 408 g/mol. The van der Waals surface area contributed by atoms with Gasteiger partial charge in [0.2, 0.25) is 5.89 Å². The van der Waals surface area contributed by atoms with Crippen molar-refractivity contribution in [1.29, 1.82) is 0 Å². The summed E-state index contributed by atoms with van der Waals surface area (Å²) in [6.07, 6.45) is 3.70. The SMILES string of the molecule is Cc1ccc(-c2nc(CC=Cc3ccc(CC4OC(=O)NC4=O)s3)c(C)o2)cc1. The molecule has 1 unspecified atom stereocenters. The predicted octanol–water partition coefficient (Wildman–Crippen LogP) is 4.45. The molecule has 2 aromatic heterocycles. The van der Waals surface area contributed by atoms with E-state index < -0.39 is 12.2 Å². The first-order chi connectivity index (χ1) is 14.0. The molecule has 7 heteroatoms. The van der Waals surface area contributed by atoms with Crippen LogP contribution in [0, 0.1) is 13.8 Å². The minimum Gasteiger partial charge on any atom is -0.441 e. The Kier molecular flexibility index (Phi) is 5.31. The second kappa shape index (κ2) is 8.05. The van der Waals surface area contributed by atoms with Gasteiger partial charge in [0.1, 0.15) is 5.76 Å². The number of nitrogens with one attached hydrogen (secondary N) is 1. The van der Waals surface area contributed by atoms with Crippen molar-refractivity contribution in [2.75, 3.05) is 0 Å². The third-order valence-corrected chi connectivity index (χ3v) is 5.69. The lowest BCUT2D eigenvalue weighted by Gasteiger charge is -2.02. The molecule has 0 aliphatic carbocycles. The monoisotopic (exact) mass is 408 g/mol. The van der Waals surface area contributed by atoms with Crippen LogP contribution in [0.15, 0.2) is 46.9 Å². The number of nitrogens with zero attached hydrogens (tertiary/aromatic N) is 1. The van der Waals surface area contributed by atoms with Crippen LogP contribution in [0.3, 0.4) is 0 Å². The normalized spacial score (nSPS) is 16.4. The minimum absolute atomic E-state index is 0.383. The van der Waals surface area contributed by atoms with Gasteiger partial charge in [0.15, 0.2) is 6.10 Å². The van der Waals surface area contributed by atoms with Crippen LogP contribution >= 0.6 is 11.3 Å². The number of benzene rings is 1. The molecule has 148 valence electrons. The zero-order valence-corrected chi connectivity index (χ0v) is 16.9. The molecule has 1 saturated heterocycles. The van der Waals surface area contributed by atoms with Crippen molar-refractivity contribution in [3.8, 4) is 11.5 Å². The zero-order chi connectivity index (χ0) is 20.4.